The van der Waals surface area contributed by atoms with Gasteiger partial charge in [-0.05, 0) is 34.7 Å². The van der Waals surface area contributed by atoms with Gasteiger partial charge in [-0.1, -0.05) is 29.3 Å². The highest BCUT2D eigenvalue weighted by Gasteiger charge is 2.10. The second-order valence-electron chi connectivity index (χ2n) is 4.26. The van der Waals surface area contributed by atoms with Crippen LogP contribution in [0.4, 0.5) is 5.69 Å². The Labute approximate surface area is 134 Å². The lowest BCUT2D eigenvalue weighted by Gasteiger charge is -2.07. The van der Waals surface area contributed by atoms with Crippen LogP contribution in [0.3, 0.4) is 0 Å². The summed E-state index contributed by atoms with van der Waals surface area (Å²) >= 11 is 11.6. The third-order valence-electron chi connectivity index (χ3n) is 2.78. The monoisotopic (exact) mass is 334 g/mol. The number of rotatable bonds is 3. The van der Waals surface area contributed by atoms with Gasteiger partial charge >= 0.3 is 0 Å². The number of anilines is 1. The number of nitrogens with zero attached hydrogens (tertiary/aromatic N) is 5. The number of pyridine rings is 1. The Bertz CT molecular complexity index is 821. The van der Waals surface area contributed by atoms with Crippen LogP contribution in [0, 0.1) is 0 Å². The van der Waals surface area contributed by atoms with Gasteiger partial charge in [-0.2, -0.15) is 0 Å². The van der Waals surface area contributed by atoms with Crippen LogP contribution in [0.25, 0.3) is 5.69 Å². The lowest BCUT2D eigenvalue weighted by molar-refractivity contribution is 0.102. The summed E-state index contributed by atoms with van der Waals surface area (Å²) in [6.45, 7) is 0. The molecule has 0 saturated carbocycles. The fourth-order valence-electron chi connectivity index (χ4n) is 1.75. The van der Waals surface area contributed by atoms with Crippen molar-refractivity contribution in [2.75, 3.05) is 5.32 Å². The predicted molar refractivity (Wildman–Crippen MR) is 81.4 cm³/mol. The number of halogens is 2. The Kier molecular flexibility index (Phi) is 3.99. The average Bonchev–Trinajstić information content (AvgIpc) is 3.04. The standard InChI is InChI=1S/C13H8Cl2N6O/c14-11-4-8(6-16-12(11)15)13(22)18-9-2-1-3-10(5-9)21-7-17-19-20-21/h1-7H,(H,18,22). The summed E-state index contributed by atoms with van der Waals surface area (Å²) in [7, 11) is 0. The van der Waals surface area contributed by atoms with Gasteiger partial charge in [0.25, 0.3) is 5.91 Å². The van der Waals surface area contributed by atoms with Gasteiger partial charge in [0.1, 0.15) is 11.5 Å². The molecule has 0 saturated heterocycles. The van der Waals surface area contributed by atoms with Crippen LogP contribution in [0.15, 0.2) is 42.9 Å². The summed E-state index contributed by atoms with van der Waals surface area (Å²) in [6, 6.07) is 8.53. The van der Waals surface area contributed by atoms with Gasteiger partial charge in [0.2, 0.25) is 0 Å². The number of nitrogens with one attached hydrogen (secondary N) is 1. The molecule has 0 atom stereocenters. The first kappa shape index (κ1) is 14.4. The maximum Gasteiger partial charge on any atom is 0.257 e. The maximum absolute atomic E-state index is 12.2. The second kappa shape index (κ2) is 6.08. The second-order valence-corrected chi connectivity index (χ2v) is 5.02. The lowest BCUT2D eigenvalue weighted by atomic mass is 10.2. The molecule has 1 aromatic carbocycles. The number of aromatic nitrogens is 5. The third kappa shape index (κ3) is 3.05. The van der Waals surface area contributed by atoms with E-state index in [2.05, 4.69) is 25.8 Å². The molecule has 1 N–H and O–H groups in total. The van der Waals surface area contributed by atoms with E-state index in [4.69, 9.17) is 23.2 Å². The smallest absolute Gasteiger partial charge is 0.257 e. The van der Waals surface area contributed by atoms with Gasteiger partial charge < -0.3 is 5.32 Å². The van der Waals surface area contributed by atoms with Crippen molar-refractivity contribution < 1.29 is 4.79 Å². The largest absolute Gasteiger partial charge is 0.322 e. The van der Waals surface area contributed by atoms with Crippen molar-refractivity contribution in [2.24, 2.45) is 0 Å². The molecule has 0 unspecified atom stereocenters. The molecular formula is C13H8Cl2N6O. The van der Waals surface area contributed by atoms with E-state index in [0.717, 1.165) is 5.69 Å². The van der Waals surface area contributed by atoms with E-state index < -0.39 is 0 Å². The van der Waals surface area contributed by atoms with Crippen molar-refractivity contribution in [3.63, 3.8) is 0 Å². The van der Waals surface area contributed by atoms with Crippen LogP contribution in [0.5, 0.6) is 0 Å². The molecule has 0 fully saturated rings. The fraction of sp³-hybridized carbons (Fsp3) is 0. The predicted octanol–water partition coefficient (Wildman–Crippen LogP) is 2.62. The number of tetrazole rings is 1. The highest BCUT2D eigenvalue weighted by Crippen LogP contribution is 2.21. The molecule has 0 aliphatic heterocycles. The maximum atomic E-state index is 12.2. The number of benzene rings is 1. The molecule has 2 heterocycles. The highest BCUT2D eigenvalue weighted by molar-refractivity contribution is 6.41. The van der Waals surface area contributed by atoms with E-state index in [1.54, 1.807) is 18.2 Å². The molecule has 3 aromatic rings. The zero-order valence-electron chi connectivity index (χ0n) is 10.9. The minimum atomic E-state index is -0.347. The van der Waals surface area contributed by atoms with E-state index in [0.29, 0.717) is 11.3 Å². The Balaban J connectivity index is 1.82. The molecule has 110 valence electrons. The van der Waals surface area contributed by atoms with Crippen molar-refractivity contribution in [1.29, 1.82) is 0 Å². The lowest BCUT2D eigenvalue weighted by Crippen LogP contribution is -2.12. The highest BCUT2D eigenvalue weighted by atomic mass is 35.5. The summed E-state index contributed by atoms with van der Waals surface area (Å²) in [5.41, 5.74) is 1.61. The Morgan fingerprint density at radius 1 is 1.23 bits per heavy atom. The van der Waals surface area contributed by atoms with Gasteiger partial charge in [0.15, 0.2) is 0 Å². The van der Waals surface area contributed by atoms with E-state index in [1.165, 1.54) is 23.3 Å². The number of carbonyl (C=O) groups excluding carboxylic acids is 1. The molecule has 0 spiro atoms. The molecule has 3 rings (SSSR count). The van der Waals surface area contributed by atoms with E-state index >= 15 is 0 Å². The summed E-state index contributed by atoms with van der Waals surface area (Å²) < 4.78 is 1.48. The SMILES string of the molecule is O=C(Nc1cccc(-n2cnnn2)c1)c1cnc(Cl)c(Cl)c1. The minimum Gasteiger partial charge on any atom is -0.322 e. The van der Waals surface area contributed by atoms with Crippen molar-refractivity contribution in [3.8, 4) is 5.69 Å². The van der Waals surface area contributed by atoms with E-state index in [1.807, 2.05) is 6.07 Å². The number of carbonyl (C=O) groups is 1. The molecule has 0 aliphatic rings. The van der Waals surface area contributed by atoms with Crippen LogP contribution in [-0.2, 0) is 0 Å². The van der Waals surface area contributed by atoms with E-state index in [-0.39, 0.29) is 16.1 Å². The number of hydrogen-bond acceptors (Lipinski definition) is 5. The van der Waals surface area contributed by atoms with Gasteiger partial charge in [0, 0.05) is 11.9 Å². The normalized spacial score (nSPS) is 10.5. The Morgan fingerprint density at radius 2 is 2.09 bits per heavy atom. The minimum absolute atomic E-state index is 0.152. The van der Waals surface area contributed by atoms with E-state index in [9.17, 15) is 4.79 Å². The summed E-state index contributed by atoms with van der Waals surface area (Å²) in [4.78, 5) is 16.0. The van der Waals surface area contributed by atoms with Crippen LogP contribution < -0.4 is 5.32 Å². The molecule has 7 nitrogen and oxygen atoms in total. The van der Waals surface area contributed by atoms with Gasteiger partial charge in [-0.3, -0.25) is 4.79 Å². The number of hydrogen-bond donors (Lipinski definition) is 1. The van der Waals surface area contributed by atoms with Crippen molar-refractivity contribution in [1.82, 2.24) is 25.2 Å². The zero-order valence-corrected chi connectivity index (χ0v) is 12.5. The van der Waals surface area contributed by atoms with Gasteiger partial charge in [0.05, 0.1) is 16.3 Å². The third-order valence-corrected chi connectivity index (χ3v) is 3.46. The Morgan fingerprint density at radius 3 is 2.82 bits per heavy atom. The molecule has 0 bridgehead atoms. The van der Waals surface area contributed by atoms with Crippen LogP contribution >= 0.6 is 23.2 Å². The first-order chi connectivity index (χ1) is 10.6. The topological polar surface area (TPSA) is 85.6 Å². The van der Waals surface area contributed by atoms with Crippen molar-refractivity contribution in [2.45, 2.75) is 0 Å². The van der Waals surface area contributed by atoms with Crippen molar-refractivity contribution in [3.05, 3.63) is 58.6 Å². The first-order valence-electron chi connectivity index (χ1n) is 6.09. The van der Waals surface area contributed by atoms with Crippen molar-refractivity contribution >= 4 is 34.8 Å². The molecule has 1 amide bonds. The number of amides is 1. The molecule has 22 heavy (non-hydrogen) atoms. The summed E-state index contributed by atoms with van der Waals surface area (Å²) in [5, 5.41) is 14.0. The van der Waals surface area contributed by atoms with Crippen LogP contribution in [0.2, 0.25) is 10.2 Å². The van der Waals surface area contributed by atoms with Gasteiger partial charge in [-0.25, -0.2) is 9.67 Å². The molecule has 0 radical (unpaired) electrons. The quantitative estimate of drug-likeness (QED) is 0.744. The molecular weight excluding hydrogens is 327 g/mol. The van der Waals surface area contributed by atoms with Crippen LogP contribution in [-0.4, -0.2) is 31.1 Å². The molecule has 9 heteroatoms. The summed E-state index contributed by atoms with van der Waals surface area (Å²) in [6.07, 6.45) is 2.82. The zero-order chi connectivity index (χ0) is 15.5. The fourth-order valence-corrected chi connectivity index (χ4v) is 2.02. The van der Waals surface area contributed by atoms with Gasteiger partial charge in [-0.15, -0.1) is 5.10 Å². The van der Waals surface area contributed by atoms with Crippen LogP contribution in [0.1, 0.15) is 10.4 Å². The Hall–Kier alpha value is -2.51. The summed E-state index contributed by atoms with van der Waals surface area (Å²) in [5.74, 6) is -0.347. The molecule has 0 aliphatic carbocycles. The first-order valence-corrected chi connectivity index (χ1v) is 6.85. The molecule has 2 aromatic heterocycles. The average molecular weight is 335 g/mol.